The number of carbonyl (C=O) groups excluding carboxylic acids is 4. The Bertz CT molecular complexity index is 2830. The molecule has 4 amide bonds. The SMILES string of the molecule is CC1(C)CC(C)(c2ccc(N3C(=O)c4ccc(O)cc4C3=O)cc2)c2cc(N3C(=O)c4ccc([P+](c5ccccc5)(c5ccccc5)c5ccccc5)cc4C3=O)ccc21. The van der Waals surface area contributed by atoms with Gasteiger partial charge in [0.05, 0.1) is 33.6 Å². The second-order valence-electron chi connectivity index (χ2n) is 16.7. The fraction of sp³-hybridized carbons (Fsp3) is 0.115. The number of hydrogen-bond donors (Lipinski definition) is 1. The monoisotopic (exact) mass is 803 g/mol. The zero-order valence-electron chi connectivity index (χ0n) is 33.3. The molecule has 8 heteroatoms. The molecule has 0 saturated carbocycles. The van der Waals surface area contributed by atoms with Crippen LogP contribution in [0.3, 0.4) is 0 Å². The number of amides is 4. The molecule has 2 aliphatic heterocycles. The van der Waals surface area contributed by atoms with Gasteiger partial charge in [-0.3, -0.25) is 19.2 Å². The van der Waals surface area contributed by atoms with Gasteiger partial charge >= 0.3 is 0 Å². The summed E-state index contributed by atoms with van der Waals surface area (Å²) in [4.78, 5) is 58.2. The Morgan fingerprint density at radius 2 is 0.917 bits per heavy atom. The van der Waals surface area contributed by atoms with E-state index in [1.54, 1.807) is 12.1 Å². The lowest BCUT2D eigenvalue weighted by Crippen LogP contribution is -2.38. The highest BCUT2D eigenvalue weighted by atomic mass is 31.2. The number of phenols is 1. The Morgan fingerprint density at radius 1 is 0.450 bits per heavy atom. The summed E-state index contributed by atoms with van der Waals surface area (Å²) in [6.07, 6.45) is 0.750. The first kappa shape index (κ1) is 37.3. The molecule has 3 aliphatic rings. The summed E-state index contributed by atoms with van der Waals surface area (Å²) < 4.78 is 0. The average molecular weight is 804 g/mol. The van der Waals surface area contributed by atoms with Gasteiger partial charge in [0, 0.05) is 5.41 Å². The number of phenolic OH excluding ortho intramolecular Hbond substituents is 1. The quantitative estimate of drug-likeness (QED) is 0.129. The minimum atomic E-state index is -2.52. The molecule has 7 aromatic carbocycles. The molecule has 60 heavy (non-hydrogen) atoms. The Morgan fingerprint density at radius 3 is 1.47 bits per heavy atom. The zero-order valence-corrected chi connectivity index (χ0v) is 34.2. The Hall–Kier alpha value is -6.95. The molecule has 1 unspecified atom stereocenters. The highest BCUT2D eigenvalue weighted by molar-refractivity contribution is 8.01. The van der Waals surface area contributed by atoms with Gasteiger partial charge in [0.2, 0.25) is 0 Å². The van der Waals surface area contributed by atoms with Gasteiger partial charge in [-0.25, -0.2) is 9.80 Å². The second kappa shape index (κ2) is 13.6. The number of hydrogen-bond acceptors (Lipinski definition) is 5. The van der Waals surface area contributed by atoms with Crippen molar-refractivity contribution >= 4 is 63.5 Å². The van der Waals surface area contributed by atoms with Gasteiger partial charge in [-0.2, -0.15) is 0 Å². The number of rotatable bonds is 7. The molecule has 0 fully saturated rings. The summed E-state index contributed by atoms with van der Waals surface area (Å²) in [5.41, 5.74) is 4.46. The number of aromatic hydroxyl groups is 1. The third-order valence-corrected chi connectivity index (χ3v) is 17.0. The number of anilines is 2. The van der Waals surface area contributed by atoms with Crippen LogP contribution in [0.1, 0.15) is 85.3 Å². The van der Waals surface area contributed by atoms with Crippen molar-refractivity contribution in [2.75, 3.05) is 9.80 Å². The average Bonchev–Trinajstić information content (AvgIpc) is 3.76. The topological polar surface area (TPSA) is 95.0 Å². The molecule has 0 radical (unpaired) electrons. The van der Waals surface area contributed by atoms with E-state index < -0.39 is 24.5 Å². The molecule has 10 rings (SSSR count). The highest BCUT2D eigenvalue weighted by Crippen LogP contribution is 2.56. The lowest BCUT2D eigenvalue weighted by atomic mass is 9.75. The van der Waals surface area contributed by atoms with Crippen molar-refractivity contribution < 1.29 is 24.3 Å². The number of nitrogens with zero attached hydrogens (tertiary/aromatic N) is 2. The van der Waals surface area contributed by atoms with Gasteiger partial charge < -0.3 is 5.11 Å². The third kappa shape index (κ3) is 5.39. The molecule has 0 spiro atoms. The van der Waals surface area contributed by atoms with Crippen molar-refractivity contribution in [2.24, 2.45) is 0 Å². The van der Waals surface area contributed by atoms with Crippen LogP contribution in [0, 0.1) is 0 Å². The molecule has 0 bridgehead atoms. The van der Waals surface area contributed by atoms with Crippen molar-refractivity contribution in [3.63, 3.8) is 0 Å². The van der Waals surface area contributed by atoms with Crippen LogP contribution in [0.4, 0.5) is 11.4 Å². The maximum Gasteiger partial charge on any atom is 0.266 e. The van der Waals surface area contributed by atoms with E-state index in [9.17, 15) is 24.3 Å². The van der Waals surface area contributed by atoms with E-state index in [-0.39, 0.29) is 34.1 Å². The van der Waals surface area contributed by atoms with E-state index in [1.807, 2.05) is 66.7 Å². The summed E-state index contributed by atoms with van der Waals surface area (Å²) in [6, 6.07) is 54.7. The molecule has 7 aromatic rings. The predicted octanol–water partition coefficient (Wildman–Crippen LogP) is 8.60. The molecule has 2 heterocycles. The van der Waals surface area contributed by atoms with Crippen molar-refractivity contribution in [3.8, 4) is 5.75 Å². The largest absolute Gasteiger partial charge is 0.508 e. The molecule has 0 aromatic heterocycles. The van der Waals surface area contributed by atoms with Gasteiger partial charge in [0.25, 0.3) is 23.6 Å². The van der Waals surface area contributed by atoms with Crippen LogP contribution in [0.25, 0.3) is 0 Å². The Kier molecular flexibility index (Phi) is 8.43. The van der Waals surface area contributed by atoms with Crippen LogP contribution in [0.15, 0.2) is 170 Å². The van der Waals surface area contributed by atoms with E-state index in [4.69, 9.17) is 0 Å². The first-order valence-corrected chi connectivity index (χ1v) is 21.8. The minimum absolute atomic E-state index is 0.0783. The highest BCUT2D eigenvalue weighted by Gasteiger charge is 2.51. The third-order valence-electron chi connectivity index (χ3n) is 12.7. The molecule has 1 N–H and O–H groups in total. The van der Waals surface area contributed by atoms with Crippen LogP contribution in [0.2, 0.25) is 0 Å². The van der Waals surface area contributed by atoms with Crippen molar-refractivity contribution in [2.45, 2.75) is 38.0 Å². The van der Waals surface area contributed by atoms with Gasteiger partial charge in [0.1, 0.15) is 34.2 Å². The van der Waals surface area contributed by atoms with Crippen molar-refractivity contribution in [1.82, 2.24) is 0 Å². The van der Waals surface area contributed by atoms with Crippen molar-refractivity contribution in [3.05, 3.63) is 209 Å². The van der Waals surface area contributed by atoms with E-state index in [1.165, 1.54) is 23.1 Å². The van der Waals surface area contributed by atoms with E-state index in [0.717, 1.165) is 49.2 Å². The molecule has 7 nitrogen and oxygen atoms in total. The minimum Gasteiger partial charge on any atom is -0.508 e. The zero-order chi connectivity index (χ0) is 41.6. The number of imide groups is 2. The van der Waals surface area contributed by atoms with Crippen LogP contribution in [0.5, 0.6) is 5.75 Å². The first-order chi connectivity index (χ1) is 28.9. The van der Waals surface area contributed by atoms with Crippen LogP contribution in [-0.2, 0) is 10.8 Å². The molecule has 292 valence electrons. The van der Waals surface area contributed by atoms with Crippen molar-refractivity contribution in [1.29, 1.82) is 0 Å². The Labute approximate surface area is 348 Å². The molecule has 1 atom stereocenters. The summed E-state index contributed by atoms with van der Waals surface area (Å²) in [5, 5.41) is 14.4. The summed E-state index contributed by atoms with van der Waals surface area (Å²) >= 11 is 0. The lowest BCUT2D eigenvalue weighted by Gasteiger charge is -2.29. The van der Waals surface area contributed by atoms with Crippen LogP contribution < -0.4 is 31.0 Å². The molecular formula is C52H40N2O5P+. The van der Waals surface area contributed by atoms with Gasteiger partial charge in [-0.05, 0) is 126 Å². The van der Waals surface area contributed by atoms with E-state index in [2.05, 4.69) is 93.6 Å². The Balaban J connectivity index is 1.03. The van der Waals surface area contributed by atoms with Gasteiger partial charge in [0.15, 0.2) is 0 Å². The number of fused-ring (bicyclic) bond motifs is 3. The van der Waals surface area contributed by atoms with Crippen LogP contribution >= 0.6 is 7.26 Å². The van der Waals surface area contributed by atoms with E-state index in [0.29, 0.717) is 22.5 Å². The molecule has 1 aliphatic carbocycles. The maximum absolute atomic E-state index is 14.7. The van der Waals surface area contributed by atoms with Gasteiger partial charge in [-0.15, -0.1) is 0 Å². The molecular weight excluding hydrogens is 764 g/mol. The summed E-state index contributed by atoms with van der Waals surface area (Å²) in [5.74, 6) is -1.72. The first-order valence-electron chi connectivity index (χ1n) is 20.0. The fourth-order valence-electron chi connectivity index (χ4n) is 10.0. The lowest BCUT2D eigenvalue weighted by molar-refractivity contribution is 0.0910. The van der Waals surface area contributed by atoms with E-state index >= 15 is 0 Å². The second-order valence-corrected chi connectivity index (χ2v) is 20.1. The summed E-state index contributed by atoms with van der Waals surface area (Å²) in [7, 11) is -2.52. The van der Waals surface area contributed by atoms with Gasteiger partial charge in [-0.1, -0.05) is 93.6 Å². The summed E-state index contributed by atoms with van der Waals surface area (Å²) in [6.45, 7) is 6.56. The molecule has 0 saturated heterocycles. The normalized spacial score (nSPS) is 17.9. The maximum atomic E-state index is 14.7. The smallest absolute Gasteiger partial charge is 0.266 e. The number of benzene rings is 7. The fourth-order valence-corrected chi connectivity index (χ4v) is 14.3. The number of carbonyl (C=O) groups is 4. The van der Waals surface area contributed by atoms with Crippen LogP contribution in [-0.4, -0.2) is 28.7 Å². The predicted molar refractivity (Wildman–Crippen MR) is 239 cm³/mol. The standard InChI is InChI=1S/C52H39N2O5P/c1-51(2)32-52(3,33-19-21-34(22-20-33)53-47(56)41-26-24-36(55)30-43(41)49(53)58)46-29-35(23-28-45(46)51)54-48(57)42-27-25-40(31-44(42)50(54)59)60(37-13-7-4-8-14-37,38-15-9-5-10-16-38)39-17-11-6-12-18-39/h4-31H,32H2,1-3H3/p+1.